The predicted molar refractivity (Wildman–Crippen MR) is 93.6 cm³/mol. The number of benzene rings is 1. The van der Waals surface area contributed by atoms with Crippen molar-refractivity contribution in [2.75, 3.05) is 0 Å². The van der Waals surface area contributed by atoms with Gasteiger partial charge < -0.3 is 5.32 Å². The van der Waals surface area contributed by atoms with E-state index < -0.39 is 0 Å². The van der Waals surface area contributed by atoms with Crippen LogP contribution >= 0.6 is 11.3 Å². The van der Waals surface area contributed by atoms with Crippen LogP contribution in [0.1, 0.15) is 45.1 Å². The normalized spacial score (nSPS) is 14.4. The van der Waals surface area contributed by atoms with E-state index >= 15 is 0 Å². The minimum Gasteiger partial charge on any atom is -0.345 e. The fourth-order valence-electron chi connectivity index (χ4n) is 3.05. The van der Waals surface area contributed by atoms with E-state index in [4.69, 9.17) is 0 Å². The van der Waals surface area contributed by atoms with Gasteiger partial charge in [-0.05, 0) is 55.5 Å². The molecule has 6 heteroatoms. The highest BCUT2D eigenvalue weighted by Gasteiger charge is 2.19. The average Bonchev–Trinajstić information content (AvgIpc) is 3.31. The zero-order chi connectivity index (χ0) is 16.5. The maximum absolute atomic E-state index is 12.5. The summed E-state index contributed by atoms with van der Waals surface area (Å²) in [6.45, 7) is 2.00. The molecule has 0 aliphatic heterocycles. The van der Waals surface area contributed by atoms with Crippen LogP contribution in [0, 0.1) is 0 Å². The van der Waals surface area contributed by atoms with Crippen molar-refractivity contribution in [3.63, 3.8) is 0 Å². The lowest BCUT2D eigenvalue weighted by Gasteiger charge is -2.14. The molecule has 24 heavy (non-hydrogen) atoms. The van der Waals surface area contributed by atoms with Gasteiger partial charge in [0.2, 0.25) is 0 Å². The summed E-state index contributed by atoms with van der Waals surface area (Å²) in [6.07, 6.45) is 6.62. The lowest BCUT2D eigenvalue weighted by atomic mass is 10.1. The minimum absolute atomic E-state index is 0.0160. The van der Waals surface area contributed by atoms with Crippen molar-refractivity contribution in [3.05, 3.63) is 63.9 Å². The number of hydrogen-bond acceptors (Lipinski definition) is 4. The molecular weight excluding hydrogens is 320 g/mol. The van der Waals surface area contributed by atoms with Crippen molar-refractivity contribution >= 4 is 17.2 Å². The Morgan fingerprint density at radius 3 is 2.83 bits per heavy atom. The molecule has 1 amide bonds. The fourth-order valence-corrected chi connectivity index (χ4v) is 4.21. The van der Waals surface area contributed by atoms with Crippen LogP contribution in [0.5, 0.6) is 0 Å². The first-order valence-corrected chi connectivity index (χ1v) is 8.90. The van der Waals surface area contributed by atoms with Gasteiger partial charge in [-0.3, -0.25) is 4.79 Å². The van der Waals surface area contributed by atoms with Gasteiger partial charge in [0.05, 0.1) is 16.6 Å². The molecule has 0 bridgehead atoms. The van der Waals surface area contributed by atoms with E-state index in [-0.39, 0.29) is 11.9 Å². The lowest BCUT2D eigenvalue weighted by molar-refractivity contribution is 0.0944. The Kier molecular flexibility index (Phi) is 3.90. The Bertz CT molecular complexity index is 830. The highest BCUT2D eigenvalue weighted by atomic mass is 32.1. The first kappa shape index (κ1) is 15.1. The quantitative estimate of drug-likeness (QED) is 0.794. The highest BCUT2D eigenvalue weighted by molar-refractivity contribution is 7.14. The van der Waals surface area contributed by atoms with Crippen molar-refractivity contribution in [3.8, 4) is 5.69 Å². The molecule has 4 rings (SSSR count). The van der Waals surface area contributed by atoms with Crippen molar-refractivity contribution in [1.82, 2.24) is 20.1 Å². The number of fused-ring (bicyclic) bond motifs is 1. The van der Waals surface area contributed by atoms with Crippen molar-refractivity contribution in [1.29, 1.82) is 0 Å². The molecule has 122 valence electrons. The van der Waals surface area contributed by atoms with Crippen LogP contribution in [-0.2, 0) is 12.8 Å². The third-order valence-electron chi connectivity index (χ3n) is 4.39. The zero-order valence-corrected chi connectivity index (χ0v) is 14.2. The van der Waals surface area contributed by atoms with Crippen LogP contribution in [0.25, 0.3) is 5.69 Å². The molecule has 0 saturated heterocycles. The summed E-state index contributed by atoms with van der Waals surface area (Å²) in [5, 5.41) is 7.20. The Hall–Kier alpha value is -2.47. The predicted octanol–water partition coefficient (Wildman–Crippen LogP) is 3.31. The average molecular weight is 338 g/mol. The molecule has 0 unspecified atom stereocenters. The van der Waals surface area contributed by atoms with Crippen LogP contribution < -0.4 is 5.32 Å². The van der Waals surface area contributed by atoms with Crippen molar-refractivity contribution < 1.29 is 4.79 Å². The number of thiophene rings is 1. The van der Waals surface area contributed by atoms with E-state index in [1.165, 1.54) is 23.2 Å². The van der Waals surface area contributed by atoms with E-state index in [2.05, 4.69) is 21.5 Å². The van der Waals surface area contributed by atoms with Gasteiger partial charge in [0.15, 0.2) is 0 Å². The molecule has 0 radical (unpaired) electrons. The molecule has 2 heterocycles. The highest BCUT2D eigenvalue weighted by Crippen LogP contribution is 2.30. The molecular formula is C18H18N4OS. The van der Waals surface area contributed by atoms with E-state index in [0.29, 0.717) is 0 Å². The standard InChI is InChI=1S/C18H18N4OS/c1-12(13-5-7-15(8-6-13)22-11-19-10-20-22)21-18(23)17-9-14-3-2-4-16(14)24-17/h5-12H,2-4H2,1H3,(H,21,23)/t12-/m1/s1. The molecule has 1 atom stereocenters. The molecule has 0 spiro atoms. The summed E-state index contributed by atoms with van der Waals surface area (Å²) < 4.78 is 1.71. The maximum Gasteiger partial charge on any atom is 0.261 e. The van der Waals surface area contributed by atoms with E-state index in [9.17, 15) is 4.79 Å². The maximum atomic E-state index is 12.5. The van der Waals surface area contributed by atoms with Gasteiger partial charge in [-0.1, -0.05) is 12.1 Å². The first-order valence-electron chi connectivity index (χ1n) is 8.08. The number of hydrogen-bond donors (Lipinski definition) is 1. The van der Waals surface area contributed by atoms with Gasteiger partial charge in [-0.2, -0.15) is 5.10 Å². The third-order valence-corrected chi connectivity index (χ3v) is 5.63. The van der Waals surface area contributed by atoms with E-state index in [1.54, 1.807) is 22.3 Å². The molecule has 0 fully saturated rings. The SMILES string of the molecule is C[C@@H](NC(=O)c1cc2c(s1)CCC2)c1ccc(-n2cncn2)cc1. The number of nitrogens with one attached hydrogen (secondary N) is 1. The number of rotatable bonds is 4. The van der Waals surface area contributed by atoms with Crippen LogP contribution in [0.15, 0.2) is 43.0 Å². The number of carbonyl (C=O) groups is 1. The monoisotopic (exact) mass is 338 g/mol. The smallest absolute Gasteiger partial charge is 0.261 e. The third kappa shape index (κ3) is 2.85. The molecule has 1 aliphatic carbocycles. The van der Waals surface area contributed by atoms with Crippen LogP contribution in [0.3, 0.4) is 0 Å². The second-order valence-corrected chi connectivity index (χ2v) is 7.18. The van der Waals surface area contributed by atoms with Gasteiger partial charge in [0.1, 0.15) is 12.7 Å². The van der Waals surface area contributed by atoms with Gasteiger partial charge in [0.25, 0.3) is 5.91 Å². The van der Waals surface area contributed by atoms with E-state index in [1.807, 2.05) is 31.2 Å². The van der Waals surface area contributed by atoms with Gasteiger partial charge >= 0.3 is 0 Å². The van der Waals surface area contributed by atoms with Gasteiger partial charge in [-0.15, -0.1) is 11.3 Å². The molecule has 5 nitrogen and oxygen atoms in total. The first-order chi connectivity index (χ1) is 11.7. The second kappa shape index (κ2) is 6.20. The number of amides is 1. The summed E-state index contributed by atoms with van der Waals surface area (Å²) >= 11 is 1.64. The largest absolute Gasteiger partial charge is 0.345 e. The van der Waals surface area contributed by atoms with E-state index in [0.717, 1.165) is 29.0 Å². The fraction of sp³-hybridized carbons (Fsp3) is 0.278. The topological polar surface area (TPSA) is 59.8 Å². The molecule has 3 aromatic rings. The summed E-state index contributed by atoms with van der Waals surface area (Å²) in [5.74, 6) is 0.0160. The summed E-state index contributed by atoms with van der Waals surface area (Å²) in [4.78, 5) is 18.6. The molecule has 1 aromatic carbocycles. The number of nitrogens with zero attached hydrogens (tertiary/aromatic N) is 3. The molecule has 2 aromatic heterocycles. The summed E-state index contributed by atoms with van der Waals surface area (Å²) in [6, 6.07) is 9.99. The summed E-state index contributed by atoms with van der Waals surface area (Å²) in [5.41, 5.74) is 3.37. The van der Waals surface area contributed by atoms with Gasteiger partial charge in [0, 0.05) is 4.88 Å². The van der Waals surface area contributed by atoms with Gasteiger partial charge in [-0.25, -0.2) is 9.67 Å². The van der Waals surface area contributed by atoms with Crippen LogP contribution in [0.2, 0.25) is 0 Å². The second-order valence-electron chi connectivity index (χ2n) is 6.04. The summed E-state index contributed by atoms with van der Waals surface area (Å²) in [7, 11) is 0. The lowest BCUT2D eigenvalue weighted by Crippen LogP contribution is -2.25. The van der Waals surface area contributed by atoms with Crippen LogP contribution in [0.4, 0.5) is 0 Å². The number of aryl methyl sites for hydroxylation is 2. The minimum atomic E-state index is -0.0424. The zero-order valence-electron chi connectivity index (χ0n) is 13.4. The number of carbonyl (C=O) groups excluding carboxylic acids is 1. The van der Waals surface area contributed by atoms with Crippen molar-refractivity contribution in [2.24, 2.45) is 0 Å². The molecule has 1 aliphatic rings. The molecule has 1 N–H and O–H groups in total. The molecule has 0 saturated carbocycles. The Morgan fingerprint density at radius 1 is 1.29 bits per heavy atom. The number of aromatic nitrogens is 3. The Morgan fingerprint density at radius 2 is 2.12 bits per heavy atom. The van der Waals surface area contributed by atoms with Crippen molar-refractivity contribution in [2.45, 2.75) is 32.2 Å². The Balaban J connectivity index is 1.45. The Labute approximate surface area is 144 Å². The van der Waals surface area contributed by atoms with Crippen LogP contribution in [-0.4, -0.2) is 20.7 Å².